The van der Waals surface area contributed by atoms with E-state index in [1.54, 1.807) is 28.3 Å². The summed E-state index contributed by atoms with van der Waals surface area (Å²) in [5, 5.41) is 0. The molecular formula is C13H28N2O4Si. The first-order valence-electron chi connectivity index (χ1n) is 7.14. The lowest BCUT2D eigenvalue weighted by Crippen LogP contribution is -2.64. The van der Waals surface area contributed by atoms with Crippen LogP contribution in [-0.2, 0) is 18.1 Å². The summed E-state index contributed by atoms with van der Waals surface area (Å²) in [6.07, 6.45) is 0.925. The molecule has 1 saturated heterocycles. The minimum absolute atomic E-state index is 0.168. The Hall–Kier alpha value is -0.313. The molecule has 1 unspecified atom stereocenters. The lowest BCUT2D eigenvalue weighted by atomic mass is 10.2. The maximum atomic E-state index is 11.2. The van der Waals surface area contributed by atoms with E-state index < -0.39 is 8.80 Å². The first-order valence-corrected chi connectivity index (χ1v) is 8.94. The number of carbonyl (C=O) groups is 1. The molecular weight excluding hydrogens is 276 g/mol. The molecule has 1 atom stereocenters. The highest BCUT2D eigenvalue weighted by Crippen LogP contribution is 2.22. The van der Waals surface area contributed by atoms with Crippen LogP contribution in [0.25, 0.3) is 0 Å². The van der Waals surface area contributed by atoms with Crippen molar-refractivity contribution >= 4 is 14.6 Å². The number of hydrogen-bond acceptors (Lipinski definition) is 6. The third-order valence-corrected chi connectivity index (χ3v) is 7.24. The van der Waals surface area contributed by atoms with Crippen LogP contribution in [-0.4, -0.2) is 84.1 Å². The Bertz CT molecular complexity index is 296. The van der Waals surface area contributed by atoms with E-state index in [4.69, 9.17) is 13.3 Å². The Morgan fingerprint density at radius 3 is 1.95 bits per heavy atom. The molecule has 118 valence electrons. The molecule has 0 aromatic rings. The first-order chi connectivity index (χ1) is 9.52. The first kappa shape index (κ1) is 17.7. The van der Waals surface area contributed by atoms with Gasteiger partial charge in [-0.1, -0.05) is 6.92 Å². The van der Waals surface area contributed by atoms with Crippen LogP contribution in [0.15, 0.2) is 0 Å². The molecule has 0 radical (unpaired) electrons. The molecule has 1 heterocycles. The van der Waals surface area contributed by atoms with Gasteiger partial charge in [-0.2, -0.15) is 0 Å². The summed E-state index contributed by atoms with van der Waals surface area (Å²) in [5.74, 6) is 0.222. The topological polar surface area (TPSA) is 51.2 Å². The quantitative estimate of drug-likeness (QED) is 0.605. The molecule has 1 rings (SSSR count). The molecule has 0 spiro atoms. The van der Waals surface area contributed by atoms with Gasteiger partial charge in [0.05, 0.1) is 12.2 Å². The second kappa shape index (κ2) is 8.21. The summed E-state index contributed by atoms with van der Waals surface area (Å²) in [5.41, 5.74) is 0.168. The van der Waals surface area contributed by atoms with Crippen molar-refractivity contribution in [3.05, 3.63) is 0 Å². The SMILES string of the molecule is CCC(N1CCN(CC(C)=O)CC1)[Si](OC)(OC)OC. The molecule has 1 aliphatic heterocycles. The molecule has 0 aromatic carbocycles. The summed E-state index contributed by atoms with van der Waals surface area (Å²) in [4.78, 5) is 15.7. The van der Waals surface area contributed by atoms with E-state index in [1.165, 1.54) is 0 Å². The molecule has 0 bridgehead atoms. The number of hydrogen-bond donors (Lipinski definition) is 0. The fraction of sp³-hybridized carbons (Fsp3) is 0.923. The highest BCUT2D eigenvalue weighted by Gasteiger charge is 2.49. The van der Waals surface area contributed by atoms with E-state index in [-0.39, 0.29) is 11.4 Å². The average molecular weight is 304 g/mol. The number of rotatable bonds is 8. The molecule has 6 nitrogen and oxygen atoms in total. The Morgan fingerprint density at radius 1 is 1.10 bits per heavy atom. The van der Waals surface area contributed by atoms with Gasteiger partial charge >= 0.3 is 8.80 Å². The van der Waals surface area contributed by atoms with Crippen molar-refractivity contribution in [2.45, 2.75) is 25.9 Å². The largest absolute Gasteiger partial charge is 0.518 e. The molecule has 0 aromatic heterocycles. The van der Waals surface area contributed by atoms with E-state index in [9.17, 15) is 4.79 Å². The molecule has 7 heteroatoms. The van der Waals surface area contributed by atoms with E-state index in [0.717, 1.165) is 32.6 Å². The zero-order chi connectivity index (χ0) is 15.2. The average Bonchev–Trinajstić information content (AvgIpc) is 2.45. The maximum Gasteiger partial charge on any atom is 0.518 e. The summed E-state index contributed by atoms with van der Waals surface area (Å²) in [6, 6.07) is 0. The van der Waals surface area contributed by atoms with Crippen LogP contribution in [0, 0.1) is 0 Å². The smallest absolute Gasteiger partial charge is 0.376 e. The predicted molar refractivity (Wildman–Crippen MR) is 79.6 cm³/mol. The highest BCUT2D eigenvalue weighted by atomic mass is 28.4. The van der Waals surface area contributed by atoms with Gasteiger partial charge in [0, 0.05) is 47.5 Å². The van der Waals surface area contributed by atoms with Crippen molar-refractivity contribution in [2.24, 2.45) is 0 Å². The van der Waals surface area contributed by atoms with Crippen molar-refractivity contribution in [3.63, 3.8) is 0 Å². The summed E-state index contributed by atoms with van der Waals surface area (Å²) in [6.45, 7) is 7.94. The van der Waals surface area contributed by atoms with E-state index in [1.807, 2.05) is 0 Å². The molecule has 0 aliphatic carbocycles. The van der Waals surface area contributed by atoms with Crippen molar-refractivity contribution in [2.75, 3.05) is 54.1 Å². The number of Topliss-reactive ketones (excluding diaryl/α,β-unsaturated/α-hetero) is 1. The second-order valence-electron chi connectivity index (χ2n) is 5.15. The van der Waals surface area contributed by atoms with Crippen molar-refractivity contribution in [3.8, 4) is 0 Å². The summed E-state index contributed by atoms with van der Waals surface area (Å²) in [7, 11) is 2.33. The number of piperazine rings is 1. The maximum absolute atomic E-state index is 11.2. The van der Waals surface area contributed by atoms with Gasteiger partial charge in [-0.25, -0.2) is 0 Å². The molecule has 20 heavy (non-hydrogen) atoms. The van der Waals surface area contributed by atoms with E-state index >= 15 is 0 Å². The zero-order valence-corrected chi connectivity index (χ0v) is 14.3. The standard InChI is InChI=1S/C13H28N2O4Si/c1-6-13(20(17-3,18-4)19-5)15-9-7-14(8-10-15)11-12(2)16/h13H,6-11H2,1-5H3. The number of carbonyl (C=O) groups excluding carboxylic acids is 1. The van der Waals surface area contributed by atoms with Gasteiger partial charge in [-0.3, -0.25) is 14.6 Å². The summed E-state index contributed by atoms with van der Waals surface area (Å²) < 4.78 is 16.9. The van der Waals surface area contributed by atoms with Crippen LogP contribution in [0.1, 0.15) is 20.3 Å². The van der Waals surface area contributed by atoms with E-state index in [2.05, 4.69) is 16.7 Å². The Balaban J connectivity index is 2.66. The zero-order valence-electron chi connectivity index (χ0n) is 13.3. The molecule has 1 fully saturated rings. The molecule has 0 saturated carbocycles. The van der Waals surface area contributed by atoms with E-state index in [0.29, 0.717) is 6.54 Å². The lowest BCUT2D eigenvalue weighted by molar-refractivity contribution is -0.118. The van der Waals surface area contributed by atoms with Crippen LogP contribution in [0.3, 0.4) is 0 Å². The van der Waals surface area contributed by atoms with Crippen molar-refractivity contribution in [1.82, 2.24) is 9.80 Å². The van der Waals surface area contributed by atoms with Crippen LogP contribution in [0.2, 0.25) is 0 Å². The van der Waals surface area contributed by atoms with Gasteiger partial charge in [0.15, 0.2) is 0 Å². The molecule has 0 amide bonds. The Labute approximate surface area is 123 Å². The third-order valence-electron chi connectivity index (χ3n) is 3.94. The Morgan fingerprint density at radius 2 is 1.60 bits per heavy atom. The predicted octanol–water partition coefficient (Wildman–Crippen LogP) is 0.389. The fourth-order valence-corrected chi connectivity index (χ4v) is 5.46. The van der Waals surface area contributed by atoms with Crippen LogP contribution >= 0.6 is 0 Å². The number of ketones is 1. The minimum atomic E-state index is -2.65. The van der Waals surface area contributed by atoms with Gasteiger partial charge in [0.25, 0.3) is 0 Å². The van der Waals surface area contributed by atoms with Crippen LogP contribution in [0.4, 0.5) is 0 Å². The fourth-order valence-electron chi connectivity index (χ4n) is 2.94. The van der Waals surface area contributed by atoms with Gasteiger partial charge in [0.2, 0.25) is 0 Å². The third kappa shape index (κ3) is 4.09. The normalized spacial score (nSPS) is 20.1. The van der Waals surface area contributed by atoms with Gasteiger partial charge in [-0.05, 0) is 13.3 Å². The lowest BCUT2D eigenvalue weighted by Gasteiger charge is -2.43. The van der Waals surface area contributed by atoms with Crippen LogP contribution < -0.4 is 0 Å². The van der Waals surface area contributed by atoms with Crippen molar-refractivity contribution < 1.29 is 18.1 Å². The van der Waals surface area contributed by atoms with Crippen LogP contribution in [0.5, 0.6) is 0 Å². The number of nitrogens with zero attached hydrogens (tertiary/aromatic N) is 2. The van der Waals surface area contributed by atoms with Gasteiger partial charge < -0.3 is 13.3 Å². The second-order valence-corrected chi connectivity index (χ2v) is 8.25. The van der Waals surface area contributed by atoms with Gasteiger partial charge in [0.1, 0.15) is 5.78 Å². The highest BCUT2D eigenvalue weighted by molar-refractivity contribution is 6.62. The van der Waals surface area contributed by atoms with Gasteiger partial charge in [-0.15, -0.1) is 0 Å². The summed E-state index contributed by atoms with van der Waals surface area (Å²) >= 11 is 0. The van der Waals surface area contributed by atoms with Crippen molar-refractivity contribution in [1.29, 1.82) is 0 Å². The molecule has 1 aliphatic rings. The Kier molecular flexibility index (Phi) is 7.28. The minimum Gasteiger partial charge on any atom is -0.376 e. The molecule has 0 N–H and O–H groups in total. The monoisotopic (exact) mass is 304 g/mol.